The van der Waals surface area contributed by atoms with Crippen LogP contribution < -0.4 is 5.32 Å². The summed E-state index contributed by atoms with van der Waals surface area (Å²) in [5.41, 5.74) is -0.652. The van der Waals surface area contributed by atoms with Crippen LogP contribution in [0, 0.1) is 0 Å². The molecule has 0 aliphatic carbocycles. The van der Waals surface area contributed by atoms with Crippen LogP contribution in [0.1, 0.15) is 27.7 Å². The van der Waals surface area contributed by atoms with Gasteiger partial charge in [-0.15, -0.1) is 0 Å². The third-order valence-corrected chi connectivity index (χ3v) is 3.48. The maximum Gasteiger partial charge on any atom is 0.486 e. The summed E-state index contributed by atoms with van der Waals surface area (Å²) >= 11 is 0. The SMILES string of the molecule is COC(=O)NCCOC/C=C/B1OC(C)(C)C(C)(C)O1. The van der Waals surface area contributed by atoms with Crippen LogP contribution in [0.2, 0.25) is 0 Å². The number of hydrogen-bond acceptors (Lipinski definition) is 5. The van der Waals surface area contributed by atoms with Gasteiger partial charge in [-0.25, -0.2) is 4.79 Å². The number of nitrogens with one attached hydrogen (secondary N) is 1. The Bertz CT molecular complexity index is 341. The molecule has 0 aromatic carbocycles. The molecular weight excluding hydrogens is 261 g/mol. The molecule has 1 aliphatic rings. The van der Waals surface area contributed by atoms with Crippen molar-refractivity contribution in [1.29, 1.82) is 0 Å². The number of hydrogen-bond donors (Lipinski definition) is 1. The fraction of sp³-hybridized carbons (Fsp3) is 0.769. The van der Waals surface area contributed by atoms with Crippen LogP contribution in [0.5, 0.6) is 0 Å². The number of alkyl carbamates (subject to hydrolysis) is 1. The maximum atomic E-state index is 10.8. The summed E-state index contributed by atoms with van der Waals surface area (Å²) in [7, 11) is 0.973. The number of rotatable bonds is 6. The molecular formula is C13H24BNO5. The maximum absolute atomic E-state index is 10.8. The van der Waals surface area contributed by atoms with Gasteiger partial charge < -0.3 is 24.1 Å². The van der Waals surface area contributed by atoms with Gasteiger partial charge in [-0.2, -0.15) is 0 Å². The Balaban J connectivity index is 2.16. The van der Waals surface area contributed by atoms with E-state index in [9.17, 15) is 4.79 Å². The Labute approximate surface area is 120 Å². The molecule has 0 saturated carbocycles. The fourth-order valence-electron chi connectivity index (χ4n) is 1.58. The molecule has 1 amide bonds. The van der Waals surface area contributed by atoms with Crippen molar-refractivity contribution in [2.45, 2.75) is 38.9 Å². The van der Waals surface area contributed by atoms with Gasteiger partial charge in [0.25, 0.3) is 0 Å². The normalized spacial score (nSPS) is 20.4. The average molecular weight is 285 g/mol. The minimum Gasteiger partial charge on any atom is -0.453 e. The van der Waals surface area contributed by atoms with Crippen molar-refractivity contribution in [3.63, 3.8) is 0 Å². The predicted molar refractivity (Wildman–Crippen MR) is 76.4 cm³/mol. The molecule has 1 fully saturated rings. The Morgan fingerprint density at radius 3 is 2.40 bits per heavy atom. The molecule has 0 radical (unpaired) electrons. The molecule has 114 valence electrons. The van der Waals surface area contributed by atoms with Crippen molar-refractivity contribution in [2.75, 3.05) is 26.9 Å². The van der Waals surface area contributed by atoms with Crippen molar-refractivity contribution in [1.82, 2.24) is 5.32 Å². The van der Waals surface area contributed by atoms with Crippen LogP contribution in [-0.4, -0.2) is 51.3 Å². The number of amides is 1. The van der Waals surface area contributed by atoms with Gasteiger partial charge in [0.15, 0.2) is 0 Å². The number of ether oxygens (including phenoxy) is 2. The summed E-state index contributed by atoms with van der Waals surface area (Å²) in [4.78, 5) is 10.8. The Hall–Kier alpha value is -1.05. The van der Waals surface area contributed by atoms with E-state index in [4.69, 9.17) is 14.0 Å². The monoisotopic (exact) mass is 285 g/mol. The number of carbonyl (C=O) groups excluding carboxylic acids is 1. The molecule has 20 heavy (non-hydrogen) atoms. The van der Waals surface area contributed by atoms with Crippen LogP contribution in [0.25, 0.3) is 0 Å². The van der Waals surface area contributed by atoms with Gasteiger partial charge in [-0.3, -0.25) is 0 Å². The van der Waals surface area contributed by atoms with Crippen LogP contribution in [0.3, 0.4) is 0 Å². The lowest BCUT2D eigenvalue weighted by atomic mass is 9.90. The molecule has 0 unspecified atom stereocenters. The standard InChI is InChI=1S/C13H24BNO5/c1-12(2)13(3,4)20-14(19-12)7-6-9-18-10-8-15-11(16)17-5/h6-7H,8-10H2,1-5H3,(H,15,16)/b7-6+. The Kier molecular flexibility index (Phi) is 6.04. The largest absolute Gasteiger partial charge is 0.486 e. The molecule has 0 atom stereocenters. The van der Waals surface area contributed by atoms with E-state index in [1.165, 1.54) is 7.11 Å². The predicted octanol–water partition coefficient (Wildman–Crippen LogP) is 1.55. The van der Waals surface area contributed by atoms with Gasteiger partial charge in [0, 0.05) is 6.54 Å². The first-order valence-corrected chi connectivity index (χ1v) is 6.70. The highest BCUT2D eigenvalue weighted by atomic mass is 16.7. The first-order valence-electron chi connectivity index (χ1n) is 6.70. The summed E-state index contributed by atoms with van der Waals surface area (Å²) in [5.74, 6) is 1.84. The van der Waals surface area contributed by atoms with Gasteiger partial charge in [0.05, 0.1) is 31.5 Å². The van der Waals surface area contributed by atoms with Crippen LogP contribution in [0.4, 0.5) is 4.79 Å². The molecule has 0 aromatic heterocycles. The second kappa shape index (κ2) is 7.10. The molecule has 0 aromatic rings. The van der Waals surface area contributed by atoms with Crippen molar-refractivity contribution in [3.05, 3.63) is 12.1 Å². The van der Waals surface area contributed by atoms with Gasteiger partial charge in [0.1, 0.15) is 0 Å². The van der Waals surface area contributed by atoms with Crippen LogP contribution >= 0.6 is 0 Å². The Morgan fingerprint density at radius 2 is 1.85 bits per heavy atom. The summed E-state index contributed by atoms with van der Waals surface area (Å²) in [5, 5.41) is 2.53. The third kappa shape index (κ3) is 4.81. The molecule has 1 aliphatic heterocycles. The van der Waals surface area contributed by atoms with Crippen molar-refractivity contribution < 1.29 is 23.6 Å². The summed E-state index contributed by atoms with van der Waals surface area (Å²) < 4.78 is 21.4. The van der Waals surface area contributed by atoms with Crippen LogP contribution in [-0.2, 0) is 18.8 Å². The minimum atomic E-state index is -0.457. The van der Waals surface area contributed by atoms with E-state index >= 15 is 0 Å². The lowest BCUT2D eigenvalue weighted by Gasteiger charge is -2.32. The molecule has 0 spiro atoms. The minimum absolute atomic E-state index is 0.326. The van der Waals surface area contributed by atoms with Crippen molar-refractivity contribution in [3.8, 4) is 0 Å². The second-order valence-electron chi connectivity index (χ2n) is 5.55. The van der Waals surface area contributed by atoms with Gasteiger partial charge in [-0.1, -0.05) is 12.1 Å². The lowest BCUT2D eigenvalue weighted by Crippen LogP contribution is -2.41. The van der Waals surface area contributed by atoms with E-state index in [-0.39, 0.29) is 18.3 Å². The van der Waals surface area contributed by atoms with E-state index in [0.717, 1.165) is 0 Å². The smallest absolute Gasteiger partial charge is 0.453 e. The van der Waals surface area contributed by atoms with E-state index < -0.39 is 6.09 Å². The summed E-state index contributed by atoms with van der Waals surface area (Å²) in [6, 6.07) is 0. The summed E-state index contributed by atoms with van der Waals surface area (Å²) in [6.45, 7) is 9.31. The fourth-order valence-corrected chi connectivity index (χ4v) is 1.58. The van der Waals surface area contributed by atoms with E-state index in [1.807, 2.05) is 39.7 Å². The van der Waals surface area contributed by atoms with Gasteiger partial charge >= 0.3 is 13.2 Å². The molecule has 6 nitrogen and oxygen atoms in total. The zero-order chi connectivity index (χ0) is 15.2. The zero-order valence-electron chi connectivity index (χ0n) is 12.9. The number of methoxy groups -OCH3 is 1. The lowest BCUT2D eigenvalue weighted by molar-refractivity contribution is 0.00578. The average Bonchev–Trinajstić information content (AvgIpc) is 2.56. The highest BCUT2D eigenvalue weighted by Crippen LogP contribution is 2.36. The molecule has 1 rings (SSSR count). The van der Waals surface area contributed by atoms with Crippen LogP contribution in [0.15, 0.2) is 12.1 Å². The van der Waals surface area contributed by atoms with E-state index in [1.54, 1.807) is 0 Å². The van der Waals surface area contributed by atoms with Gasteiger partial charge in [0.2, 0.25) is 0 Å². The highest BCUT2D eigenvalue weighted by molar-refractivity contribution is 6.51. The Morgan fingerprint density at radius 1 is 1.25 bits per heavy atom. The number of carbonyl (C=O) groups is 1. The first-order chi connectivity index (χ1) is 9.28. The zero-order valence-corrected chi connectivity index (χ0v) is 12.9. The van der Waals surface area contributed by atoms with Crippen molar-refractivity contribution >= 4 is 13.2 Å². The molecule has 0 bridgehead atoms. The molecule has 1 heterocycles. The third-order valence-electron chi connectivity index (χ3n) is 3.48. The molecule has 1 N–H and O–H groups in total. The quantitative estimate of drug-likeness (QED) is 0.592. The van der Waals surface area contributed by atoms with Crippen molar-refractivity contribution in [2.24, 2.45) is 0 Å². The van der Waals surface area contributed by atoms with E-state index in [2.05, 4.69) is 10.1 Å². The highest BCUT2D eigenvalue weighted by Gasteiger charge is 2.49. The topological polar surface area (TPSA) is 66.0 Å². The van der Waals surface area contributed by atoms with E-state index in [0.29, 0.717) is 19.8 Å². The second-order valence-corrected chi connectivity index (χ2v) is 5.55. The molecule has 1 saturated heterocycles. The molecule has 7 heteroatoms. The van der Waals surface area contributed by atoms with Gasteiger partial charge in [-0.05, 0) is 27.7 Å². The summed E-state index contributed by atoms with van der Waals surface area (Å²) in [6.07, 6.45) is 1.39. The first kappa shape index (κ1) is 17.0.